The van der Waals surface area contributed by atoms with Gasteiger partial charge in [-0.2, -0.15) is 0 Å². The Morgan fingerprint density at radius 1 is 1.36 bits per heavy atom. The summed E-state index contributed by atoms with van der Waals surface area (Å²) >= 11 is 1.53. The Hall–Kier alpha value is -1.44. The highest BCUT2D eigenvalue weighted by molar-refractivity contribution is 7.99. The average Bonchev–Trinajstić information content (AvgIpc) is 3.24. The Morgan fingerprint density at radius 2 is 2.14 bits per heavy atom. The fraction of sp³-hybridized carbons (Fsp3) is 0.533. The molecular weight excluding hydrogens is 298 g/mol. The summed E-state index contributed by atoms with van der Waals surface area (Å²) in [7, 11) is 2.02. The number of aliphatic hydroxyl groups excluding tert-OH is 1. The Morgan fingerprint density at radius 3 is 2.86 bits per heavy atom. The number of benzene rings is 1. The van der Waals surface area contributed by atoms with Crippen LogP contribution in [-0.2, 0) is 6.54 Å². The predicted octanol–water partition coefficient (Wildman–Crippen LogP) is 1.59. The summed E-state index contributed by atoms with van der Waals surface area (Å²) in [4.78, 5) is 2.13. The lowest BCUT2D eigenvalue weighted by Crippen LogP contribution is -2.30. The summed E-state index contributed by atoms with van der Waals surface area (Å²) in [6, 6.07) is 10.7. The molecule has 0 aliphatic heterocycles. The van der Waals surface area contributed by atoms with Gasteiger partial charge in [0, 0.05) is 18.8 Å². The Balaban J connectivity index is 1.43. The highest BCUT2D eigenvalue weighted by Gasteiger charge is 2.28. The lowest BCUT2D eigenvalue weighted by molar-refractivity contribution is 0.142. The second-order valence-electron chi connectivity index (χ2n) is 5.78. The lowest BCUT2D eigenvalue weighted by Gasteiger charge is -2.20. The SMILES string of the molecule is CN(Cc1ccccc1)CC(O)CSc1nnnn1C1CC1. The van der Waals surface area contributed by atoms with Crippen molar-refractivity contribution in [1.82, 2.24) is 25.1 Å². The van der Waals surface area contributed by atoms with Crippen LogP contribution in [0.1, 0.15) is 24.4 Å². The highest BCUT2D eigenvalue weighted by Crippen LogP contribution is 2.36. The summed E-state index contributed by atoms with van der Waals surface area (Å²) in [5.41, 5.74) is 1.25. The van der Waals surface area contributed by atoms with Crippen LogP contribution in [0.2, 0.25) is 0 Å². The first-order valence-corrected chi connectivity index (χ1v) is 8.52. The second kappa shape index (κ2) is 7.21. The molecule has 118 valence electrons. The van der Waals surface area contributed by atoms with E-state index in [0.717, 1.165) is 24.5 Å². The maximum absolute atomic E-state index is 10.2. The van der Waals surface area contributed by atoms with Gasteiger partial charge in [-0.25, -0.2) is 4.68 Å². The molecule has 6 nitrogen and oxygen atoms in total. The minimum Gasteiger partial charge on any atom is -0.391 e. The molecule has 7 heteroatoms. The van der Waals surface area contributed by atoms with Gasteiger partial charge < -0.3 is 5.11 Å². The Labute approximate surface area is 134 Å². The van der Waals surface area contributed by atoms with E-state index in [2.05, 4.69) is 32.6 Å². The minimum absolute atomic E-state index is 0.400. The number of tetrazole rings is 1. The molecule has 1 N–H and O–H groups in total. The minimum atomic E-state index is -0.400. The molecular formula is C15H21N5OS. The molecule has 22 heavy (non-hydrogen) atoms. The number of aromatic nitrogens is 4. The molecule has 1 atom stereocenters. The number of nitrogens with zero attached hydrogens (tertiary/aromatic N) is 5. The fourth-order valence-corrected chi connectivity index (χ4v) is 3.23. The second-order valence-corrected chi connectivity index (χ2v) is 6.77. The van der Waals surface area contributed by atoms with Crippen molar-refractivity contribution in [3.8, 4) is 0 Å². The number of aliphatic hydroxyl groups is 1. The Bertz CT molecular complexity index is 587. The first-order chi connectivity index (χ1) is 10.7. The third kappa shape index (κ3) is 4.28. The number of likely N-dealkylation sites (N-methyl/N-ethyl adjacent to an activating group) is 1. The molecule has 1 aliphatic rings. The Kier molecular flexibility index (Phi) is 5.07. The van der Waals surface area contributed by atoms with E-state index >= 15 is 0 Å². The van der Waals surface area contributed by atoms with E-state index in [9.17, 15) is 5.11 Å². The zero-order valence-electron chi connectivity index (χ0n) is 12.7. The summed E-state index contributed by atoms with van der Waals surface area (Å²) < 4.78 is 1.88. The third-order valence-electron chi connectivity index (χ3n) is 3.58. The monoisotopic (exact) mass is 319 g/mol. The molecule has 0 bridgehead atoms. The molecule has 0 saturated heterocycles. The fourth-order valence-electron chi connectivity index (χ4n) is 2.37. The van der Waals surface area contributed by atoms with Crippen molar-refractivity contribution in [1.29, 1.82) is 0 Å². The van der Waals surface area contributed by atoms with E-state index in [-0.39, 0.29) is 0 Å². The van der Waals surface area contributed by atoms with Crippen LogP contribution in [0, 0.1) is 0 Å². The number of rotatable bonds is 8. The smallest absolute Gasteiger partial charge is 0.209 e. The van der Waals surface area contributed by atoms with Crippen LogP contribution in [0.5, 0.6) is 0 Å². The van der Waals surface area contributed by atoms with Crippen LogP contribution in [-0.4, -0.2) is 55.7 Å². The summed E-state index contributed by atoms with van der Waals surface area (Å²) in [6.45, 7) is 1.47. The van der Waals surface area contributed by atoms with Gasteiger partial charge in [0.1, 0.15) is 0 Å². The van der Waals surface area contributed by atoms with Gasteiger partial charge in [-0.3, -0.25) is 4.90 Å². The van der Waals surface area contributed by atoms with Crippen LogP contribution in [0.15, 0.2) is 35.5 Å². The summed E-state index contributed by atoms with van der Waals surface area (Å²) in [5, 5.41) is 22.8. The van der Waals surface area contributed by atoms with Crippen molar-refractivity contribution in [3.63, 3.8) is 0 Å². The van der Waals surface area contributed by atoms with Crippen LogP contribution >= 0.6 is 11.8 Å². The van der Waals surface area contributed by atoms with Crippen molar-refractivity contribution >= 4 is 11.8 Å². The molecule has 0 amide bonds. The summed E-state index contributed by atoms with van der Waals surface area (Å²) in [6.07, 6.45) is 1.91. The highest BCUT2D eigenvalue weighted by atomic mass is 32.2. The molecule has 1 aromatic carbocycles. The standard InChI is InChI=1S/C15H21N5OS/c1-19(9-12-5-3-2-4-6-12)10-14(21)11-22-15-16-17-18-20(15)13-7-8-13/h2-6,13-14,21H,7-11H2,1H3. The molecule has 1 aliphatic carbocycles. The topological polar surface area (TPSA) is 67.1 Å². The van der Waals surface area contributed by atoms with E-state index < -0.39 is 6.10 Å². The third-order valence-corrected chi connectivity index (χ3v) is 4.66. The maximum Gasteiger partial charge on any atom is 0.209 e. The van der Waals surface area contributed by atoms with Crippen molar-refractivity contribution in [3.05, 3.63) is 35.9 Å². The van der Waals surface area contributed by atoms with Crippen LogP contribution in [0.3, 0.4) is 0 Å². The maximum atomic E-state index is 10.2. The van der Waals surface area contributed by atoms with E-state index in [1.807, 2.05) is 29.9 Å². The molecule has 2 aromatic rings. The number of hydrogen-bond acceptors (Lipinski definition) is 6. The predicted molar refractivity (Wildman–Crippen MR) is 85.6 cm³/mol. The van der Waals surface area contributed by atoms with Gasteiger partial charge in [0.05, 0.1) is 12.1 Å². The normalized spacial score (nSPS) is 16.1. The van der Waals surface area contributed by atoms with E-state index in [1.165, 1.54) is 17.3 Å². The zero-order chi connectivity index (χ0) is 15.4. The van der Waals surface area contributed by atoms with Crippen molar-refractivity contribution < 1.29 is 5.11 Å². The lowest BCUT2D eigenvalue weighted by atomic mass is 10.2. The van der Waals surface area contributed by atoms with Crippen LogP contribution in [0.4, 0.5) is 0 Å². The van der Waals surface area contributed by atoms with E-state index in [0.29, 0.717) is 18.3 Å². The molecule has 0 spiro atoms. The largest absolute Gasteiger partial charge is 0.391 e. The molecule has 0 radical (unpaired) electrons. The molecule has 1 heterocycles. The van der Waals surface area contributed by atoms with E-state index in [4.69, 9.17) is 0 Å². The van der Waals surface area contributed by atoms with Gasteiger partial charge in [0.25, 0.3) is 0 Å². The van der Waals surface area contributed by atoms with Crippen molar-refractivity contribution in [2.45, 2.75) is 36.7 Å². The van der Waals surface area contributed by atoms with Crippen LogP contribution < -0.4 is 0 Å². The molecule has 1 unspecified atom stereocenters. The summed E-state index contributed by atoms with van der Waals surface area (Å²) in [5.74, 6) is 0.603. The first-order valence-electron chi connectivity index (χ1n) is 7.53. The van der Waals surface area contributed by atoms with Gasteiger partial charge in [-0.1, -0.05) is 42.1 Å². The average molecular weight is 319 g/mol. The molecule has 1 fully saturated rings. The van der Waals surface area contributed by atoms with Gasteiger partial charge in [-0.15, -0.1) is 5.10 Å². The molecule has 1 aromatic heterocycles. The van der Waals surface area contributed by atoms with Crippen LogP contribution in [0.25, 0.3) is 0 Å². The zero-order valence-corrected chi connectivity index (χ0v) is 13.5. The van der Waals surface area contributed by atoms with Crippen molar-refractivity contribution in [2.75, 3.05) is 19.3 Å². The van der Waals surface area contributed by atoms with Crippen molar-refractivity contribution in [2.24, 2.45) is 0 Å². The number of hydrogen-bond donors (Lipinski definition) is 1. The quantitative estimate of drug-likeness (QED) is 0.745. The molecule has 3 rings (SSSR count). The number of thioether (sulfide) groups is 1. The van der Waals surface area contributed by atoms with E-state index in [1.54, 1.807) is 0 Å². The molecule has 1 saturated carbocycles. The van der Waals surface area contributed by atoms with Gasteiger partial charge >= 0.3 is 0 Å². The van der Waals surface area contributed by atoms with Gasteiger partial charge in [-0.05, 0) is 35.9 Å². The van der Waals surface area contributed by atoms with Gasteiger partial charge in [0.15, 0.2) is 0 Å². The van der Waals surface area contributed by atoms with Gasteiger partial charge in [0.2, 0.25) is 5.16 Å². The first kappa shape index (κ1) is 15.5.